The smallest absolute Gasteiger partial charge is 0.134 e. The molecule has 8 N–H and O–H groups in total. The third-order valence-electron chi connectivity index (χ3n) is 4.35. The molecular formula is C13H24O10S. The van der Waals surface area contributed by atoms with Crippen molar-refractivity contribution >= 4 is 11.8 Å². The van der Waals surface area contributed by atoms with Gasteiger partial charge in [-0.2, -0.15) is 0 Å². The number of thioether (sulfide) groups is 1. The van der Waals surface area contributed by atoms with Crippen LogP contribution < -0.4 is 0 Å². The SMILES string of the molecule is OCC1OC(SC2OC(CO)C(O)C(CO)C2O)C(O)C(O)C1O. The highest BCUT2D eigenvalue weighted by molar-refractivity contribution is 8.00. The second kappa shape index (κ2) is 8.56. The van der Waals surface area contributed by atoms with Gasteiger partial charge in [-0.25, -0.2) is 0 Å². The maximum atomic E-state index is 10.2. The summed E-state index contributed by atoms with van der Waals surface area (Å²) < 4.78 is 10.7. The lowest BCUT2D eigenvalue weighted by molar-refractivity contribution is -0.210. The molecule has 0 aromatic rings. The van der Waals surface area contributed by atoms with E-state index in [1.165, 1.54) is 0 Å². The molecule has 0 amide bonds. The van der Waals surface area contributed by atoms with E-state index >= 15 is 0 Å². The fourth-order valence-electron chi connectivity index (χ4n) is 2.80. The predicted molar refractivity (Wildman–Crippen MR) is 79.7 cm³/mol. The average Bonchev–Trinajstić information content (AvgIpc) is 2.58. The zero-order valence-corrected chi connectivity index (χ0v) is 13.5. The third-order valence-corrected chi connectivity index (χ3v) is 5.67. The van der Waals surface area contributed by atoms with Crippen molar-refractivity contribution in [3.63, 3.8) is 0 Å². The zero-order chi connectivity index (χ0) is 18.0. The Labute approximate surface area is 142 Å². The van der Waals surface area contributed by atoms with Crippen molar-refractivity contribution < 1.29 is 50.3 Å². The van der Waals surface area contributed by atoms with Gasteiger partial charge in [0.1, 0.15) is 41.4 Å². The quantitative estimate of drug-likeness (QED) is 0.233. The van der Waals surface area contributed by atoms with E-state index < -0.39 is 79.3 Å². The fourth-order valence-corrected chi connectivity index (χ4v) is 4.17. The maximum absolute atomic E-state index is 10.2. The normalized spacial score (nSPS) is 50.0. The van der Waals surface area contributed by atoms with Crippen LogP contribution in [0.1, 0.15) is 0 Å². The first-order valence-corrected chi connectivity index (χ1v) is 8.49. The Morgan fingerprint density at radius 2 is 1.08 bits per heavy atom. The molecule has 0 saturated carbocycles. The molecule has 2 aliphatic rings. The van der Waals surface area contributed by atoms with E-state index in [2.05, 4.69) is 0 Å². The van der Waals surface area contributed by atoms with Gasteiger partial charge in [0.15, 0.2) is 0 Å². The summed E-state index contributed by atoms with van der Waals surface area (Å²) >= 11 is 0.763. The molecule has 10 atom stereocenters. The highest BCUT2D eigenvalue weighted by Crippen LogP contribution is 2.38. The highest BCUT2D eigenvalue weighted by Gasteiger charge is 2.49. The minimum absolute atomic E-state index is 0.546. The lowest BCUT2D eigenvalue weighted by Gasteiger charge is -2.45. The minimum Gasteiger partial charge on any atom is -0.396 e. The first-order valence-electron chi connectivity index (χ1n) is 7.55. The number of rotatable bonds is 5. The van der Waals surface area contributed by atoms with Crippen LogP contribution in [-0.4, -0.2) is 114 Å². The summed E-state index contributed by atoms with van der Waals surface area (Å²) in [6.07, 6.45) is -9.34. The van der Waals surface area contributed by atoms with E-state index in [-0.39, 0.29) is 0 Å². The lowest BCUT2D eigenvalue weighted by Crippen LogP contribution is -2.60. The molecule has 0 aromatic carbocycles. The van der Waals surface area contributed by atoms with Crippen LogP contribution in [0, 0.1) is 5.92 Å². The number of ether oxygens (including phenoxy) is 2. The van der Waals surface area contributed by atoms with Gasteiger partial charge in [-0.15, -0.1) is 0 Å². The van der Waals surface area contributed by atoms with Crippen molar-refractivity contribution in [1.29, 1.82) is 0 Å². The summed E-state index contributed by atoms with van der Waals surface area (Å²) in [5, 5.41) is 77.4. The molecule has 0 radical (unpaired) electrons. The van der Waals surface area contributed by atoms with Crippen LogP contribution in [0.15, 0.2) is 0 Å². The van der Waals surface area contributed by atoms with E-state index in [9.17, 15) is 35.7 Å². The van der Waals surface area contributed by atoms with Crippen LogP contribution in [0.5, 0.6) is 0 Å². The Kier molecular flexibility index (Phi) is 7.22. The van der Waals surface area contributed by atoms with Gasteiger partial charge in [0.2, 0.25) is 0 Å². The Morgan fingerprint density at radius 3 is 1.58 bits per heavy atom. The van der Waals surface area contributed by atoms with E-state index in [4.69, 9.17) is 14.6 Å². The Hall–Kier alpha value is -0.0500. The van der Waals surface area contributed by atoms with Gasteiger partial charge in [0, 0.05) is 5.92 Å². The van der Waals surface area contributed by atoms with Crippen molar-refractivity contribution in [2.45, 2.75) is 53.6 Å². The molecule has 2 rings (SSSR count). The highest BCUT2D eigenvalue weighted by atomic mass is 32.2. The van der Waals surface area contributed by atoms with Crippen LogP contribution in [-0.2, 0) is 9.47 Å². The zero-order valence-electron chi connectivity index (χ0n) is 12.7. The molecule has 2 heterocycles. The van der Waals surface area contributed by atoms with Crippen LogP contribution in [0.4, 0.5) is 0 Å². The maximum Gasteiger partial charge on any atom is 0.134 e. The number of hydrogen-bond donors (Lipinski definition) is 8. The van der Waals surface area contributed by atoms with Gasteiger partial charge in [-0.1, -0.05) is 11.8 Å². The first kappa shape index (κ1) is 20.3. The topological polar surface area (TPSA) is 180 Å². The molecular weight excluding hydrogens is 348 g/mol. The molecule has 2 fully saturated rings. The van der Waals surface area contributed by atoms with Crippen molar-refractivity contribution in [1.82, 2.24) is 0 Å². The van der Waals surface area contributed by atoms with Crippen molar-refractivity contribution in [3.05, 3.63) is 0 Å². The van der Waals surface area contributed by atoms with Gasteiger partial charge >= 0.3 is 0 Å². The largest absolute Gasteiger partial charge is 0.396 e. The molecule has 11 heteroatoms. The van der Waals surface area contributed by atoms with Crippen LogP contribution in [0.2, 0.25) is 0 Å². The summed E-state index contributed by atoms with van der Waals surface area (Å²) in [5.74, 6) is -0.974. The Balaban J connectivity index is 2.10. The van der Waals surface area contributed by atoms with Gasteiger partial charge in [0.25, 0.3) is 0 Å². The minimum atomic E-state index is -1.57. The molecule has 0 aromatic heterocycles. The summed E-state index contributed by atoms with van der Waals surface area (Å²) in [7, 11) is 0. The van der Waals surface area contributed by atoms with Crippen LogP contribution in [0.3, 0.4) is 0 Å². The van der Waals surface area contributed by atoms with Crippen molar-refractivity contribution in [2.24, 2.45) is 5.92 Å². The molecule has 0 spiro atoms. The molecule has 2 aliphatic heterocycles. The van der Waals surface area contributed by atoms with Gasteiger partial charge < -0.3 is 50.3 Å². The number of hydrogen-bond acceptors (Lipinski definition) is 11. The summed E-state index contributed by atoms with van der Waals surface area (Å²) in [6.45, 7) is -1.68. The van der Waals surface area contributed by atoms with Crippen molar-refractivity contribution in [3.8, 4) is 0 Å². The fraction of sp³-hybridized carbons (Fsp3) is 1.00. The summed E-state index contributed by atoms with van der Waals surface area (Å²) in [6, 6.07) is 0. The van der Waals surface area contributed by atoms with E-state index in [1.54, 1.807) is 0 Å². The second-order valence-electron chi connectivity index (χ2n) is 5.89. The lowest BCUT2D eigenvalue weighted by atomic mass is 9.91. The third kappa shape index (κ3) is 3.86. The van der Waals surface area contributed by atoms with E-state index in [0.717, 1.165) is 11.8 Å². The average molecular weight is 372 g/mol. The second-order valence-corrected chi connectivity index (χ2v) is 7.09. The Morgan fingerprint density at radius 1 is 0.583 bits per heavy atom. The first-order chi connectivity index (χ1) is 11.3. The predicted octanol–water partition coefficient (Wildman–Crippen LogP) is -4.43. The molecule has 10 unspecified atom stereocenters. The van der Waals surface area contributed by atoms with Gasteiger partial charge in [-0.05, 0) is 0 Å². The Bertz CT molecular complexity index is 399. The summed E-state index contributed by atoms with van der Waals surface area (Å²) in [4.78, 5) is 0. The number of aliphatic hydroxyl groups excluding tert-OH is 8. The molecule has 2 saturated heterocycles. The molecule has 0 aliphatic carbocycles. The van der Waals surface area contributed by atoms with E-state index in [0.29, 0.717) is 0 Å². The van der Waals surface area contributed by atoms with Crippen LogP contribution in [0.25, 0.3) is 0 Å². The van der Waals surface area contributed by atoms with Gasteiger partial charge in [0.05, 0.1) is 32.0 Å². The van der Waals surface area contributed by atoms with Crippen LogP contribution >= 0.6 is 11.8 Å². The standard InChI is InChI=1S/C13H24O10S/c14-1-4-7(17)5(2-15)22-12(8(4)18)24-13-11(21)10(20)9(19)6(3-16)23-13/h4-21H,1-3H2. The van der Waals surface area contributed by atoms with Gasteiger partial charge in [-0.3, -0.25) is 0 Å². The molecule has 24 heavy (non-hydrogen) atoms. The number of aliphatic hydroxyl groups is 8. The molecule has 0 bridgehead atoms. The van der Waals surface area contributed by atoms with E-state index in [1.807, 2.05) is 0 Å². The molecule has 142 valence electrons. The summed E-state index contributed by atoms with van der Waals surface area (Å²) in [5.41, 5.74) is -2.22. The molecule has 10 nitrogen and oxygen atoms in total. The van der Waals surface area contributed by atoms with Crippen molar-refractivity contribution in [2.75, 3.05) is 19.8 Å². The monoisotopic (exact) mass is 372 g/mol.